The van der Waals surface area contributed by atoms with Gasteiger partial charge in [0.1, 0.15) is 29.6 Å². The van der Waals surface area contributed by atoms with Crippen LogP contribution in [-0.2, 0) is 19.6 Å². The topological polar surface area (TPSA) is 101 Å². The molecule has 9 heteroatoms. The lowest BCUT2D eigenvalue weighted by molar-refractivity contribution is 0.0662. The highest BCUT2D eigenvalue weighted by Crippen LogP contribution is 2.38. The average Bonchev–Trinajstić information content (AvgIpc) is 3.34. The molecule has 1 aliphatic heterocycles. The Morgan fingerprint density at radius 2 is 1.82 bits per heavy atom. The summed E-state index contributed by atoms with van der Waals surface area (Å²) < 4.78 is 23.3. The zero-order valence-corrected chi connectivity index (χ0v) is 22.7. The van der Waals surface area contributed by atoms with Gasteiger partial charge in [-0.05, 0) is 53.3 Å². The summed E-state index contributed by atoms with van der Waals surface area (Å²) in [4.78, 5) is 19.0. The van der Waals surface area contributed by atoms with Gasteiger partial charge in [0.15, 0.2) is 0 Å². The number of β-amino-alcohol motifs (C(OH)–C–C–N with tert-alkyl or cyclic N) is 1. The third kappa shape index (κ3) is 5.48. The lowest BCUT2D eigenvalue weighted by Crippen LogP contribution is -2.42. The van der Waals surface area contributed by atoms with Gasteiger partial charge in [0.2, 0.25) is 0 Å². The molecule has 0 spiro atoms. The van der Waals surface area contributed by atoms with Gasteiger partial charge in [0.25, 0.3) is 5.91 Å². The van der Waals surface area contributed by atoms with E-state index in [1.165, 1.54) is 11.6 Å². The minimum absolute atomic E-state index is 0.0665. The molecule has 1 aliphatic rings. The van der Waals surface area contributed by atoms with Crippen molar-refractivity contribution in [1.29, 1.82) is 0 Å². The number of ether oxygens (including phenoxy) is 1. The van der Waals surface area contributed by atoms with Gasteiger partial charge in [0, 0.05) is 54.8 Å². The number of amides is 1. The van der Waals surface area contributed by atoms with E-state index in [-0.39, 0.29) is 37.8 Å². The molecule has 0 fully saturated rings. The fourth-order valence-corrected chi connectivity index (χ4v) is 5.21. The maximum absolute atomic E-state index is 15.8. The van der Waals surface area contributed by atoms with Crippen molar-refractivity contribution < 1.29 is 24.1 Å². The van der Waals surface area contributed by atoms with Gasteiger partial charge >= 0.3 is 0 Å². The Kier molecular flexibility index (Phi) is 8.23. The van der Waals surface area contributed by atoms with Crippen LogP contribution in [0.3, 0.4) is 0 Å². The Morgan fingerprint density at radius 1 is 1.02 bits per heavy atom. The van der Waals surface area contributed by atoms with Gasteiger partial charge < -0.3 is 19.8 Å². The summed E-state index contributed by atoms with van der Waals surface area (Å²) in [5.74, 6) is -0.136. The number of carbonyl (C=O) groups excluding carboxylic acids is 1. The van der Waals surface area contributed by atoms with Crippen molar-refractivity contribution in [2.24, 2.45) is 0 Å². The highest BCUT2D eigenvalue weighted by Gasteiger charge is 2.33. The van der Waals surface area contributed by atoms with Crippen molar-refractivity contribution in [1.82, 2.24) is 19.7 Å². The fraction of sp³-hybridized carbons (Fsp3) is 0.323. The van der Waals surface area contributed by atoms with E-state index in [9.17, 15) is 15.0 Å². The molecule has 0 radical (unpaired) electrons. The Morgan fingerprint density at radius 3 is 2.52 bits per heavy atom. The molecule has 5 rings (SSSR count). The van der Waals surface area contributed by atoms with E-state index in [0.29, 0.717) is 48.1 Å². The first-order valence-electron chi connectivity index (χ1n) is 13.5. The van der Waals surface area contributed by atoms with Gasteiger partial charge in [0.05, 0.1) is 13.2 Å². The van der Waals surface area contributed by atoms with Crippen LogP contribution in [0.15, 0.2) is 60.9 Å². The fourth-order valence-electron chi connectivity index (χ4n) is 5.21. The number of nitrogens with zero attached hydrogens (tertiary/aromatic N) is 4. The third-order valence-corrected chi connectivity index (χ3v) is 7.17. The largest absolute Gasteiger partial charge is 0.489 e. The number of carbonyl (C=O) groups is 1. The van der Waals surface area contributed by atoms with Crippen LogP contribution in [0, 0.1) is 5.82 Å². The van der Waals surface area contributed by atoms with Crippen LogP contribution in [0.25, 0.3) is 22.4 Å². The predicted molar refractivity (Wildman–Crippen MR) is 149 cm³/mol. The summed E-state index contributed by atoms with van der Waals surface area (Å²) in [7, 11) is 0. The van der Waals surface area contributed by atoms with Crippen LogP contribution < -0.4 is 4.74 Å². The van der Waals surface area contributed by atoms with E-state index in [1.807, 2.05) is 12.1 Å². The molecule has 0 saturated heterocycles. The molecular formula is C31H33FN4O4. The van der Waals surface area contributed by atoms with Crippen LogP contribution in [0.1, 0.15) is 46.9 Å². The number of pyridine rings is 1. The molecule has 0 saturated carbocycles. The summed E-state index contributed by atoms with van der Waals surface area (Å²) in [5.41, 5.74) is 5.34. The lowest BCUT2D eigenvalue weighted by atomic mass is 9.94. The molecule has 1 amide bonds. The summed E-state index contributed by atoms with van der Waals surface area (Å²) in [6.07, 6.45) is 3.82. The first-order valence-corrected chi connectivity index (χ1v) is 13.5. The molecule has 2 N–H and O–H groups in total. The highest BCUT2D eigenvalue weighted by molar-refractivity contribution is 6.03. The van der Waals surface area contributed by atoms with E-state index in [4.69, 9.17) is 4.74 Å². The molecule has 0 bridgehead atoms. The standard InChI is InChI=1S/C31H33FN4O4/c1-20(2)25-5-3-21(17-23(25)9-15-37)19-40-24-4-6-26(27(32)18-24)28-29(22-7-10-33-11-8-22)34-36-13-12-35(14-16-38)31(39)30(28)36/h3-8,10-11,17-18,20,37-38H,9,12-16,19H2,1-2H3. The monoisotopic (exact) mass is 544 g/mol. The molecule has 4 aromatic rings. The zero-order chi connectivity index (χ0) is 28.2. The number of aliphatic hydroxyl groups is 2. The summed E-state index contributed by atoms with van der Waals surface area (Å²) >= 11 is 0. The quantitative estimate of drug-likeness (QED) is 0.306. The van der Waals surface area contributed by atoms with Crippen molar-refractivity contribution in [2.75, 3.05) is 26.3 Å². The molecule has 0 aliphatic carbocycles. The van der Waals surface area contributed by atoms with Gasteiger partial charge in [-0.2, -0.15) is 5.10 Å². The highest BCUT2D eigenvalue weighted by atomic mass is 19.1. The van der Waals surface area contributed by atoms with Crippen LogP contribution >= 0.6 is 0 Å². The van der Waals surface area contributed by atoms with Gasteiger partial charge in [-0.25, -0.2) is 4.39 Å². The van der Waals surface area contributed by atoms with Crippen LogP contribution in [0.4, 0.5) is 4.39 Å². The SMILES string of the molecule is CC(C)c1ccc(COc2ccc(-c3c(-c4ccncc4)nn4c3C(=O)N(CCO)CC4)c(F)c2)cc1CCO. The molecule has 208 valence electrons. The van der Waals surface area contributed by atoms with E-state index in [1.54, 1.807) is 46.2 Å². The Labute approximate surface area is 232 Å². The molecule has 0 atom stereocenters. The van der Waals surface area contributed by atoms with Crippen molar-refractivity contribution in [3.05, 3.63) is 89.1 Å². The normalized spacial score (nSPS) is 13.2. The molecule has 40 heavy (non-hydrogen) atoms. The maximum Gasteiger partial charge on any atom is 0.272 e. The van der Waals surface area contributed by atoms with Crippen LogP contribution in [0.5, 0.6) is 5.75 Å². The van der Waals surface area contributed by atoms with E-state index >= 15 is 4.39 Å². The maximum atomic E-state index is 15.8. The van der Waals surface area contributed by atoms with Crippen LogP contribution in [0.2, 0.25) is 0 Å². The number of aliphatic hydroxyl groups excluding tert-OH is 2. The molecule has 3 heterocycles. The number of halogens is 1. The Hall–Kier alpha value is -4.08. The summed E-state index contributed by atoms with van der Waals surface area (Å²) in [5, 5.41) is 23.6. The summed E-state index contributed by atoms with van der Waals surface area (Å²) in [6.45, 7) is 5.44. The third-order valence-electron chi connectivity index (χ3n) is 7.17. The minimum Gasteiger partial charge on any atom is -0.489 e. The van der Waals surface area contributed by atoms with Crippen molar-refractivity contribution >= 4 is 5.91 Å². The van der Waals surface area contributed by atoms with E-state index < -0.39 is 5.82 Å². The molecule has 2 aromatic heterocycles. The van der Waals surface area contributed by atoms with Gasteiger partial charge in [-0.3, -0.25) is 14.5 Å². The minimum atomic E-state index is -0.535. The molecule has 0 unspecified atom stereocenters. The van der Waals surface area contributed by atoms with E-state index in [0.717, 1.165) is 16.7 Å². The van der Waals surface area contributed by atoms with Gasteiger partial charge in [-0.1, -0.05) is 32.0 Å². The van der Waals surface area contributed by atoms with Crippen molar-refractivity contribution in [3.8, 4) is 28.1 Å². The number of rotatable bonds is 10. The molecular weight excluding hydrogens is 511 g/mol. The number of benzene rings is 2. The lowest BCUT2D eigenvalue weighted by Gasteiger charge is -2.27. The predicted octanol–water partition coefficient (Wildman–Crippen LogP) is 4.44. The first kappa shape index (κ1) is 27.5. The molecule has 2 aromatic carbocycles. The number of hydrogen-bond donors (Lipinski definition) is 2. The van der Waals surface area contributed by atoms with Crippen molar-refractivity contribution in [2.45, 2.75) is 39.3 Å². The van der Waals surface area contributed by atoms with E-state index in [2.05, 4.69) is 30.0 Å². The average molecular weight is 545 g/mol. The smallest absolute Gasteiger partial charge is 0.272 e. The second kappa shape index (κ2) is 12.0. The zero-order valence-electron chi connectivity index (χ0n) is 22.7. The first-order chi connectivity index (χ1) is 19.4. The number of hydrogen-bond acceptors (Lipinski definition) is 6. The number of aromatic nitrogens is 3. The van der Waals surface area contributed by atoms with Gasteiger partial charge in [-0.15, -0.1) is 0 Å². The second-order valence-electron chi connectivity index (χ2n) is 10.1. The second-order valence-corrected chi connectivity index (χ2v) is 10.1. The molecule has 8 nitrogen and oxygen atoms in total. The Balaban J connectivity index is 1.47. The van der Waals surface area contributed by atoms with Crippen molar-refractivity contribution in [3.63, 3.8) is 0 Å². The Bertz CT molecular complexity index is 1500. The number of fused-ring (bicyclic) bond motifs is 1. The summed E-state index contributed by atoms with van der Waals surface area (Å²) in [6, 6.07) is 14.3. The van der Waals surface area contributed by atoms with Crippen LogP contribution in [-0.4, -0.2) is 62.1 Å².